The van der Waals surface area contributed by atoms with E-state index in [4.69, 9.17) is 10.5 Å². The van der Waals surface area contributed by atoms with Gasteiger partial charge in [0.05, 0.1) is 6.61 Å². The van der Waals surface area contributed by atoms with Gasteiger partial charge in [-0.1, -0.05) is 11.8 Å². The molecule has 0 aliphatic heterocycles. The first-order chi connectivity index (χ1) is 10.1. The molecule has 7 nitrogen and oxygen atoms in total. The first-order valence-electron chi connectivity index (χ1n) is 6.35. The third-order valence-corrected chi connectivity index (χ3v) is 3.73. The van der Waals surface area contributed by atoms with Crippen LogP contribution in [0.15, 0.2) is 39.0 Å². The molecule has 2 rings (SSSR count). The van der Waals surface area contributed by atoms with Crippen LogP contribution in [0.5, 0.6) is 5.75 Å². The first kappa shape index (κ1) is 15.2. The molecule has 112 valence electrons. The van der Waals surface area contributed by atoms with Gasteiger partial charge in [0.15, 0.2) is 5.16 Å². The summed E-state index contributed by atoms with van der Waals surface area (Å²) in [5.41, 5.74) is 4.80. The highest BCUT2D eigenvalue weighted by molar-refractivity contribution is 7.99. The lowest BCUT2D eigenvalue weighted by Gasteiger charge is -2.07. The van der Waals surface area contributed by atoms with E-state index in [0.717, 1.165) is 17.9 Å². The molecule has 0 saturated heterocycles. The third-order valence-electron chi connectivity index (χ3n) is 2.62. The molecule has 1 aromatic carbocycles. The second-order valence-corrected chi connectivity index (χ2v) is 5.38. The van der Waals surface area contributed by atoms with Crippen LogP contribution in [-0.2, 0) is 7.05 Å². The molecule has 3 N–H and O–H groups in total. The van der Waals surface area contributed by atoms with Gasteiger partial charge in [-0.2, -0.15) is 4.98 Å². The first-order valence-corrected chi connectivity index (χ1v) is 7.33. The quantitative estimate of drug-likeness (QED) is 0.351. The molecule has 0 amide bonds. The van der Waals surface area contributed by atoms with Crippen molar-refractivity contribution in [2.75, 3.05) is 18.1 Å². The summed E-state index contributed by atoms with van der Waals surface area (Å²) in [4.78, 5) is 25.9. The van der Waals surface area contributed by atoms with Gasteiger partial charge < -0.3 is 10.5 Å². The molecule has 1 heterocycles. The number of aromatic nitrogens is 3. The van der Waals surface area contributed by atoms with Gasteiger partial charge in [0.2, 0.25) is 0 Å². The number of benzene rings is 1. The molecule has 1 aromatic heterocycles. The smallest absolute Gasteiger partial charge is 0.339 e. The molecule has 0 saturated carbocycles. The largest absolute Gasteiger partial charge is 0.494 e. The molecule has 0 fully saturated rings. The van der Waals surface area contributed by atoms with Crippen molar-refractivity contribution < 1.29 is 4.74 Å². The fourth-order valence-electron chi connectivity index (χ4n) is 1.57. The summed E-state index contributed by atoms with van der Waals surface area (Å²) < 4.78 is 7.00. The van der Waals surface area contributed by atoms with Gasteiger partial charge >= 0.3 is 11.1 Å². The fraction of sp³-hybridized carbons (Fsp3) is 0.308. The van der Waals surface area contributed by atoms with Crippen molar-refractivity contribution >= 4 is 17.4 Å². The Morgan fingerprint density at radius 3 is 2.76 bits per heavy atom. The van der Waals surface area contributed by atoms with Crippen LogP contribution >= 0.6 is 11.8 Å². The van der Waals surface area contributed by atoms with E-state index in [0.29, 0.717) is 17.5 Å². The van der Waals surface area contributed by atoms with Gasteiger partial charge in [-0.3, -0.25) is 19.4 Å². The van der Waals surface area contributed by atoms with E-state index in [-0.39, 0.29) is 0 Å². The Balaban J connectivity index is 1.77. The van der Waals surface area contributed by atoms with Crippen molar-refractivity contribution in [1.82, 2.24) is 14.8 Å². The lowest BCUT2D eigenvalue weighted by Crippen LogP contribution is -2.33. The molecule has 0 aliphatic carbocycles. The van der Waals surface area contributed by atoms with Gasteiger partial charge in [0.25, 0.3) is 0 Å². The molecular formula is C13H16N4O3S. The molecule has 8 heteroatoms. The highest BCUT2D eigenvalue weighted by Crippen LogP contribution is 2.15. The molecule has 0 atom stereocenters. The Morgan fingerprint density at radius 1 is 1.33 bits per heavy atom. The number of hydrogen-bond donors (Lipinski definition) is 2. The molecule has 21 heavy (non-hydrogen) atoms. The summed E-state index contributed by atoms with van der Waals surface area (Å²) in [6, 6.07) is 7.19. The summed E-state index contributed by atoms with van der Waals surface area (Å²) in [7, 11) is 1.64. The molecule has 0 bridgehead atoms. The second-order valence-electron chi connectivity index (χ2n) is 4.32. The number of ether oxygens (including phenoxy) is 1. The van der Waals surface area contributed by atoms with Gasteiger partial charge in [0.1, 0.15) is 5.75 Å². The molecule has 0 radical (unpaired) electrons. The van der Waals surface area contributed by atoms with E-state index in [2.05, 4.69) is 10.1 Å². The van der Waals surface area contributed by atoms with Crippen molar-refractivity contribution in [2.45, 2.75) is 11.6 Å². The number of nitrogens with one attached hydrogen (secondary N) is 1. The minimum atomic E-state index is -0.770. The van der Waals surface area contributed by atoms with E-state index in [1.54, 1.807) is 19.2 Å². The monoisotopic (exact) mass is 308 g/mol. The van der Waals surface area contributed by atoms with Gasteiger partial charge in [-0.15, -0.1) is 0 Å². The van der Waals surface area contributed by atoms with Crippen molar-refractivity contribution in [2.24, 2.45) is 7.05 Å². The molecule has 0 aliphatic rings. The summed E-state index contributed by atoms with van der Waals surface area (Å²) in [6.07, 6.45) is 0.782. The maximum atomic E-state index is 11.2. The van der Waals surface area contributed by atoms with Crippen LogP contribution in [0.1, 0.15) is 6.42 Å². The van der Waals surface area contributed by atoms with Crippen LogP contribution in [0.4, 0.5) is 5.69 Å². The molecule has 0 spiro atoms. The van der Waals surface area contributed by atoms with Crippen LogP contribution in [0.25, 0.3) is 0 Å². The van der Waals surface area contributed by atoms with Crippen LogP contribution < -0.4 is 21.6 Å². The zero-order valence-electron chi connectivity index (χ0n) is 11.5. The summed E-state index contributed by atoms with van der Waals surface area (Å²) in [5.74, 6) is 1.49. The number of H-pyrrole nitrogens is 1. The van der Waals surface area contributed by atoms with E-state index in [9.17, 15) is 9.59 Å². The van der Waals surface area contributed by atoms with Crippen molar-refractivity contribution in [3.63, 3.8) is 0 Å². The van der Waals surface area contributed by atoms with Gasteiger partial charge in [-0.05, 0) is 30.7 Å². The van der Waals surface area contributed by atoms with Gasteiger partial charge in [0, 0.05) is 18.5 Å². The predicted molar refractivity (Wildman–Crippen MR) is 81.8 cm³/mol. The number of nitrogens with zero attached hydrogens (tertiary/aromatic N) is 2. The Labute approximate surface area is 125 Å². The average molecular weight is 308 g/mol. The average Bonchev–Trinajstić information content (AvgIpc) is 2.46. The predicted octanol–water partition coefficient (Wildman–Crippen LogP) is 0.612. The standard InChI is InChI=1S/C13H16N4O3S/c1-17-13(15-11(18)12(19)16-17)21-8-2-7-20-10-5-3-9(14)4-6-10/h3-6H,2,7-8,14H2,1H3,(H,16,19). The molecule has 0 unspecified atom stereocenters. The summed E-state index contributed by atoms with van der Waals surface area (Å²) >= 11 is 1.39. The Bertz CT molecular complexity index is 709. The Morgan fingerprint density at radius 2 is 2.05 bits per heavy atom. The van der Waals surface area contributed by atoms with E-state index >= 15 is 0 Å². The van der Waals surface area contributed by atoms with Crippen LogP contribution in [-0.4, -0.2) is 27.1 Å². The number of nitrogens with two attached hydrogens (primary N) is 1. The fourth-order valence-corrected chi connectivity index (χ4v) is 2.40. The van der Waals surface area contributed by atoms with Crippen LogP contribution in [0, 0.1) is 0 Å². The summed E-state index contributed by atoms with van der Waals surface area (Å²) in [5, 5.41) is 2.88. The molecular weight excluding hydrogens is 292 g/mol. The lowest BCUT2D eigenvalue weighted by atomic mass is 10.3. The number of hydrogen-bond acceptors (Lipinski definition) is 6. The molecule has 2 aromatic rings. The maximum absolute atomic E-state index is 11.2. The topological polar surface area (TPSA) is 103 Å². The van der Waals surface area contributed by atoms with Crippen LogP contribution in [0.3, 0.4) is 0 Å². The Hall–Kier alpha value is -2.22. The number of anilines is 1. The zero-order valence-corrected chi connectivity index (χ0v) is 12.4. The Kier molecular flexibility index (Phi) is 5.04. The highest BCUT2D eigenvalue weighted by Gasteiger charge is 2.04. The van der Waals surface area contributed by atoms with Crippen molar-refractivity contribution in [1.29, 1.82) is 0 Å². The third kappa shape index (κ3) is 4.38. The number of aromatic amines is 1. The van der Waals surface area contributed by atoms with Crippen LogP contribution in [0.2, 0.25) is 0 Å². The zero-order chi connectivity index (χ0) is 15.2. The SMILES string of the molecule is Cn1[nH]c(=O)c(=O)nc1SCCCOc1ccc(N)cc1. The number of aryl methyl sites for hydroxylation is 1. The van der Waals surface area contributed by atoms with Crippen molar-refractivity contribution in [3.8, 4) is 5.75 Å². The normalized spacial score (nSPS) is 10.5. The van der Waals surface area contributed by atoms with E-state index in [1.807, 2.05) is 12.1 Å². The van der Waals surface area contributed by atoms with Gasteiger partial charge in [-0.25, -0.2) is 0 Å². The van der Waals surface area contributed by atoms with E-state index in [1.165, 1.54) is 16.4 Å². The highest BCUT2D eigenvalue weighted by atomic mass is 32.2. The van der Waals surface area contributed by atoms with Crippen molar-refractivity contribution in [3.05, 3.63) is 45.0 Å². The minimum absolute atomic E-state index is 0.479. The number of nitrogen functional groups attached to an aromatic ring is 1. The van der Waals surface area contributed by atoms with E-state index < -0.39 is 11.1 Å². The number of thioether (sulfide) groups is 1. The number of rotatable bonds is 6. The summed E-state index contributed by atoms with van der Waals surface area (Å²) in [6.45, 7) is 0.550. The minimum Gasteiger partial charge on any atom is -0.494 e. The second kappa shape index (κ2) is 6.98. The maximum Gasteiger partial charge on any atom is 0.339 e. The lowest BCUT2D eigenvalue weighted by molar-refractivity contribution is 0.318.